The minimum Gasteiger partial charge on any atom is -0.481 e. The maximum absolute atomic E-state index is 10.3. The highest BCUT2D eigenvalue weighted by Gasteiger charge is 2.25. The van der Waals surface area contributed by atoms with Gasteiger partial charge >= 0.3 is 5.97 Å². The maximum Gasteiger partial charge on any atom is 0.307 e. The molecule has 51 valence electrons. The van der Waals surface area contributed by atoms with Gasteiger partial charge in [0.05, 0.1) is 5.92 Å². The lowest BCUT2D eigenvalue weighted by Crippen LogP contribution is -2.17. The van der Waals surface area contributed by atoms with Gasteiger partial charge in [0, 0.05) is 13.6 Å². The van der Waals surface area contributed by atoms with Crippen molar-refractivity contribution < 1.29 is 9.90 Å². The standard InChI is InChI=1S/C6H10NO2/c1-7-3-2-5(4-7)6(8)9/h5H,1-4H2,(H,8,9). The van der Waals surface area contributed by atoms with E-state index in [9.17, 15) is 4.79 Å². The predicted octanol–water partition coefficient (Wildman–Crippen LogP) is 0.184. The Balaban J connectivity index is 2.39. The van der Waals surface area contributed by atoms with Gasteiger partial charge in [-0.05, 0) is 13.0 Å². The van der Waals surface area contributed by atoms with Crippen LogP contribution in [0.3, 0.4) is 0 Å². The van der Waals surface area contributed by atoms with Crippen molar-refractivity contribution >= 4 is 5.97 Å². The largest absolute Gasteiger partial charge is 0.481 e. The van der Waals surface area contributed by atoms with Crippen LogP contribution in [0.4, 0.5) is 0 Å². The van der Waals surface area contributed by atoms with Crippen molar-refractivity contribution in [2.75, 3.05) is 13.1 Å². The number of carboxylic acid groups (broad SMARTS) is 1. The monoisotopic (exact) mass is 128 g/mol. The normalized spacial score (nSPS) is 28.8. The third kappa shape index (κ3) is 1.42. The second kappa shape index (κ2) is 2.35. The van der Waals surface area contributed by atoms with Gasteiger partial charge < -0.3 is 10.0 Å². The van der Waals surface area contributed by atoms with E-state index in [1.807, 2.05) is 0 Å². The fourth-order valence-corrected chi connectivity index (χ4v) is 1.03. The zero-order valence-electron chi connectivity index (χ0n) is 5.21. The SMILES string of the molecule is [CH2]N1CCC(C(=O)O)C1. The van der Waals surface area contributed by atoms with Gasteiger partial charge in [0.2, 0.25) is 0 Å². The summed E-state index contributed by atoms with van der Waals surface area (Å²) in [5.74, 6) is -0.872. The van der Waals surface area contributed by atoms with Crippen LogP contribution >= 0.6 is 0 Å². The molecular weight excluding hydrogens is 118 g/mol. The van der Waals surface area contributed by atoms with Crippen LogP contribution in [0.5, 0.6) is 0 Å². The van der Waals surface area contributed by atoms with Crippen molar-refractivity contribution in [3.05, 3.63) is 7.05 Å². The van der Waals surface area contributed by atoms with E-state index >= 15 is 0 Å². The first-order valence-corrected chi connectivity index (χ1v) is 2.98. The van der Waals surface area contributed by atoms with E-state index < -0.39 is 5.97 Å². The van der Waals surface area contributed by atoms with E-state index in [4.69, 9.17) is 5.11 Å². The Kier molecular flexibility index (Phi) is 1.71. The summed E-state index contributed by atoms with van der Waals surface area (Å²) in [6.07, 6.45) is 0.749. The van der Waals surface area contributed by atoms with E-state index in [-0.39, 0.29) is 5.92 Å². The first-order chi connectivity index (χ1) is 4.20. The Hall–Kier alpha value is -0.570. The van der Waals surface area contributed by atoms with Gasteiger partial charge in [0.1, 0.15) is 0 Å². The Morgan fingerprint density at radius 2 is 2.44 bits per heavy atom. The molecule has 1 saturated heterocycles. The molecule has 0 aromatic carbocycles. The third-order valence-electron chi connectivity index (χ3n) is 1.62. The Bertz CT molecular complexity index is 124. The molecular formula is C6H10NO2. The molecule has 1 aliphatic heterocycles. The van der Waals surface area contributed by atoms with Crippen LogP contribution in [0.1, 0.15) is 6.42 Å². The number of rotatable bonds is 1. The highest BCUT2D eigenvalue weighted by Crippen LogP contribution is 2.14. The summed E-state index contributed by atoms with van der Waals surface area (Å²) < 4.78 is 0. The highest BCUT2D eigenvalue weighted by molar-refractivity contribution is 5.70. The lowest BCUT2D eigenvalue weighted by atomic mass is 10.1. The molecule has 0 aromatic rings. The molecule has 1 unspecified atom stereocenters. The summed E-state index contributed by atoms with van der Waals surface area (Å²) in [7, 11) is 3.64. The molecule has 0 saturated carbocycles. The van der Waals surface area contributed by atoms with Crippen LogP contribution in [0.2, 0.25) is 0 Å². The van der Waals surface area contributed by atoms with Crippen molar-refractivity contribution in [3.63, 3.8) is 0 Å². The molecule has 3 heteroatoms. The minimum atomic E-state index is -0.693. The van der Waals surface area contributed by atoms with Crippen molar-refractivity contribution in [2.45, 2.75) is 6.42 Å². The van der Waals surface area contributed by atoms with Gasteiger partial charge in [-0.2, -0.15) is 0 Å². The van der Waals surface area contributed by atoms with Crippen LogP contribution < -0.4 is 0 Å². The van der Waals surface area contributed by atoms with Gasteiger partial charge in [-0.15, -0.1) is 0 Å². The fraction of sp³-hybridized carbons (Fsp3) is 0.667. The fourth-order valence-electron chi connectivity index (χ4n) is 1.03. The number of nitrogens with zero attached hydrogens (tertiary/aromatic N) is 1. The van der Waals surface area contributed by atoms with Crippen LogP contribution in [-0.2, 0) is 4.79 Å². The van der Waals surface area contributed by atoms with Crippen molar-refractivity contribution in [1.29, 1.82) is 0 Å². The van der Waals surface area contributed by atoms with E-state index in [2.05, 4.69) is 7.05 Å². The van der Waals surface area contributed by atoms with Crippen LogP contribution in [0.25, 0.3) is 0 Å². The van der Waals surface area contributed by atoms with Gasteiger partial charge in [0.25, 0.3) is 0 Å². The molecule has 9 heavy (non-hydrogen) atoms. The molecule has 0 aliphatic carbocycles. The van der Waals surface area contributed by atoms with E-state index in [1.165, 1.54) is 0 Å². The Labute approximate surface area is 54.3 Å². The number of carboxylic acids is 1. The smallest absolute Gasteiger partial charge is 0.307 e. The molecule has 1 heterocycles. The molecule has 0 amide bonds. The number of aliphatic carboxylic acids is 1. The lowest BCUT2D eigenvalue weighted by Gasteiger charge is -2.03. The zero-order valence-corrected chi connectivity index (χ0v) is 5.21. The van der Waals surface area contributed by atoms with Crippen molar-refractivity contribution in [1.82, 2.24) is 4.90 Å². The molecule has 1 atom stereocenters. The highest BCUT2D eigenvalue weighted by atomic mass is 16.4. The lowest BCUT2D eigenvalue weighted by molar-refractivity contribution is -0.141. The topological polar surface area (TPSA) is 40.5 Å². The average Bonchev–Trinajstić information content (AvgIpc) is 2.14. The van der Waals surface area contributed by atoms with Crippen LogP contribution in [0.15, 0.2) is 0 Å². The summed E-state index contributed by atoms with van der Waals surface area (Å²) in [6.45, 7) is 1.42. The number of likely N-dealkylation sites (tertiary alicyclic amines) is 1. The molecule has 1 fully saturated rings. The molecule has 0 aromatic heterocycles. The number of hydrogen-bond donors (Lipinski definition) is 1. The minimum absolute atomic E-state index is 0.178. The maximum atomic E-state index is 10.3. The van der Waals surface area contributed by atoms with Crippen molar-refractivity contribution in [2.24, 2.45) is 5.92 Å². The van der Waals surface area contributed by atoms with E-state index in [0.717, 1.165) is 13.0 Å². The summed E-state index contributed by atoms with van der Waals surface area (Å²) in [6, 6.07) is 0. The summed E-state index contributed by atoms with van der Waals surface area (Å²) in [5, 5.41) is 8.48. The summed E-state index contributed by atoms with van der Waals surface area (Å²) >= 11 is 0. The number of hydrogen-bond acceptors (Lipinski definition) is 2. The quantitative estimate of drug-likeness (QED) is 0.547. The van der Waals surface area contributed by atoms with E-state index in [0.29, 0.717) is 6.54 Å². The Morgan fingerprint density at radius 3 is 2.67 bits per heavy atom. The molecule has 3 nitrogen and oxygen atoms in total. The van der Waals surface area contributed by atoms with Crippen molar-refractivity contribution in [3.8, 4) is 0 Å². The second-order valence-electron chi connectivity index (χ2n) is 2.40. The molecule has 1 rings (SSSR count). The van der Waals surface area contributed by atoms with Gasteiger partial charge in [-0.25, -0.2) is 0 Å². The van der Waals surface area contributed by atoms with Crippen LogP contribution in [0, 0.1) is 13.0 Å². The first-order valence-electron chi connectivity index (χ1n) is 2.98. The predicted molar refractivity (Wildman–Crippen MR) is 32.7 cm³/mol. The molecule has 0 bridgehead atoms. The first kappa shape index (κ1) is 6.55. The second-order valence-corrected chi connectivity index (χ2v) is 2.40. The Morgan fingerprint density at radius 1 is 1.78 bits per heavy atom. The number of carbonyl (C=O) groups is 1. The summed E-state index contributed by atoms with van der Waals surface area (Å²) in [5.41, 5.74) is 0. The van der Waals surface area contributed by atoms with E-state index in [1.54, 1.807) is 4.90 Å². The van der Waals surface area contributed by atoms with Crippen LogP contribution in [-0.4, -0.2) is 29.1 Å². The molecule has 1 radical (unpaired) electrons. The third-order valence-corrected chi connectivity index (χ3v) is 1.62. The van der Waals surface area contributed by atoms with Gasteiger partial charge in [-0.1, -0.05) is 0 Å². The molecule has 1 aliphatic rings. The molecule has 0 spiro atoms. The zero-order chi connectivity index (χ0) is 6.85. The average molecular weight is 128 g/mol. The van der Waals surface area contributed by atoms with Gasteiger partial charge in [-0.3, -0.25) is 4.79 Å². The molecule has 1 N–H and O–H groups in total. The van der Waals surface area contributed by atoms with Gasteiger partial charge in [0.15, 0.2) is 0 Å². The summed E-state index contributed by atoms with van der Waals surface area (Å²) in [4.78, 5) is 12.1.